The van der Waals surface area contributed by atoms with Crippen molar-refractivity contribution in [1.29, 1.82) is 0 Å². The van der Waals surface area contributed by atoms with Crippen LogP contribution in [0.25, 0.3) is 22.4 Å². The van der Waals surface area contributed by atoms with E-state index in [-0.39, 0.29) is 5.75 Å². The van der Waals surface area contributed by atoms with Gasteiger partial charge in [0.05, 0.1) is 16.1 Å². The predicted octanol–water partition coefficient (Wildman–Crippen LogP) is 4.21. The van der Waals surface area contributed by atoms with Gasteiger partial charge in [0, 0.05) is 5.56 Å². The summed E-state index contributed by atoms with van der Waals surface area (Å²) < 4.78 is 0. The van der Waals surface area contributed by atoms with Crippen LogP contribution < -0.4 is 0 Å². The number of imidazole rings is 1. The van der Waals surface area contributed by atoms with Crippen LogP contribution in [0.15, 0.2) is 30.3 Å². The van der Waals surface area contributed by atoms with E-state index in [2.05, 4.69) is 29.0 Å². The predicted molar refractivity (Wildman–Crippen MR) is 77.7 cm³/mol. The number of nitrogens with one attached hydrogen (secondary N) is 1. The number of fused-ring (bicyclic) bond motifs is 1. The molecule has 0 aliphatic carbocycles. The number of phenols is 1. The lowest BCUT2D eigenvalue weighted by Gasteiger charge is -1.99. The van der Waals surface area contributed by atoms with Crippen LogP contribution in [0.1, 0.15) is 11.1 Å². The van der Waals surface area contributed by atoms with Crippen molar-refractivity contribution in [2.24, 2.45) is 0 Å². The summed E-state index contributed by atoms with van der Waals surface area (Å²) in [7, 11) is 0. The van der Waals surface area contributed by atoms with Crippen LogP contribution in [0, 0.1) is 13.8 Å². The summed E-state index contributed by atoms with van der Waals surface area (Å²) >= 11 is 5.93. The minimum atomic E-state index is 0.0774. The van der Waals surface area contributed by atoms with Gasteiger partial charge in [0.15, 0.2) is 0 Å². The van der Waals surface area contributed by atoms with E-state index < -0.39 is 0 Å². The van der Waals surface area contributed by atoms with E-state index in [1.54, 1.807) is 18.2 Å². The Bertz CT molecular complexity index is 777. The molecule has 3 rings (SSSR count). The second-order valence-electron chi connectivity index (χ2n) is 4.73. The molecule has 3 nitrogen and oxygen atoms in total. The molecule has 4 heteroatoms. The number of aromatic hydroxyl groups is 1. The maximum absolute atomic E-state index is 9.45. The van der Waals surface area contributed by atoms with Crippen LogP contribution in [0.3, 0.4) is 0 Å². The van der Waals surface area contributed by atoms with Crippen molar-refractivity contribution in [2.45, 2.75) is 13.8 Å². The minimum Gasteiger partial charge on any atom is -0.506 e. The summed E-state index contributed by atoms with van der Waals surface area (Å²) in [6.45, 7) is 4.11. The third-order valence-corrected chi connectivity index (χ3v) is 3.45. The van der Waals surface area contributed by atoms with Crippen LogP contribution in [0.2, 0.25) is 5.02 Å². The lowest BCUT2D eigenvalue weighted by molar-refractivity contribution is 0.475. The lowest BCUT2D eigenvalue weighted by Crippen LogP contribution is -1.80. The van der Waals surface area contributed by atoms with E-state index in [4.69, 9.17) is 11.6 Å². The first kappa shape index (κ1) is 12.1. The number of phenolic OH excluding ortho intramolecular Hbond substituents is 1. The first-order chi connectivity index (χ1) is 9.04. The molecular weight excluding hydrogens is 260 g/mol. The van der Waals surface area contributed by atoms with E-state index >= 15 is 0 Å². The molecular formula is C15H13ClN2O. The van der Waals surface area contributed by atoms with Crippen molar-refractivity contribution in [3.63, 3.8) is 0 Å². The van der Waals surface area contributed by atoms with Gasteiger partial charge in [-0.15, -0.1) is 0 Å². The van der Waals surface area contributed by atoms with E-state index in [1.807, 2.05) is 6.92 Å². The first-order valence-corrected chi connectivity index (χ1v) is 6.38. The van der Waals surface area contributed by atoms with Crippen molar-refractivity contribution in [2.75, 3.05) is 0 Å². The van der Waals surface area contributed by atoms with Gasteiger partial charge in [0.2, 0.25) is 0 Å². The van der Waals surface area contributed by atoms with Crippen molar-refractivity contribution in [3.8, 4) is 17.1 Å². The highest BCUT2D eigenvalue weighted by Crippen LogP contribution is 2.29. The number of nitrogens with zero attached hydrogens (tertiary/aromatic N) is 1. The fourth-order valence-corrected chi connectivity index (χ4v) is 2.44. The van der Waals surface area contributed by atoms with Crippen LogP contribution in [-0.2, 0) is 0 Å². The van der Waals surface area contributed by atoms with Gasteiger partial charge in [0.1, 0.15) is 11.6 Å². The van der Waals surface area contributed by atoms with Gasteiger partial charge < -0.3 is 10.1 Å². The van der Waals surface area contributed by atoms with Gasteiger partial charge in [-0.05, 0) is 49.2 Å². The van der Waals surface area contributed by atoms with E-state index in [0.29, 0.717) is 5.02 Å². The Labute approximate surface area is 115 Å². The Morgan fingerprint density at radius 1 is 1.16 bits per heavy atom. The third-order valence-electron chi connectivity index (χ3n) is 3.14. The molecule has 0 unspecified atom stereocenters. The van der Waals surface area contributed by atoms with E-state index in [0.717, 1.165) is 28.0 Å². The summed E-state index contributed by atoms with van der Waals surface area (Å²) in [4.78, 5) is 7.89. The van der Waals surface area contributed by atoms with Gasteiger partial charge in [-0.1, -0.05) is 17.7 Å². The SMILES string of the molecule is Cc1cc(C)c2nc(-c3ccc(O)c(Cl)c3)[nH]c2c1. The first-order valence-electron chi connectivity index (χ1n) is 6.00. The summed E-state index contributed by atoms with van der Waals surface area (Å²) in [5.41, 5.74) is 5.17. The second kappa shape index (κ2) is 4.28. The molecule has 0 amide bonds. The molecule has 1 aromatic heterocycles. The van der Waals surface area contributed by atoms with E-state index in [1.165, 1.54) is 5.56 Å². The molecule has 2 N–H and O–H groups in total. The number of hydrogen-bond acceptors (Lipinski definition) is 2. The normalized spacial score (nSPS) is 11.1. The fraction of sp³-hybridized carbons (Fsp3) is 0.133. The van der Waals surface area contributed by atoms with Crippen molar-refractivity contribution in [1.82, 2.24) is 9.97 Å². The molecule has 0 spiro atoms. The summed E-state index contributed by atoms with van der Waals surface area (Å²) in [6.07, 6.45) is 0. The van der Waals surface area contributed by atoms with Gasteiger partial charge in [0.25, 0.3) is 0 Å². The van der Waals surface area contributed by atoms with Crippen LogP contribution >= 0.6 is 11.6 Å². The standard InChI is InChI=1S/C15H13ClN2O/c1-8-5-9(2)14-12(6-8)17-15(18-14)10-3-4-13(19)11(16)7-10/h3-7,19H,1-2H3,(H,17,18). The van der Waals surface area contributed by atoms with Crippen LogP contribution in [0.4, 0.5) is 0 Å². The molecule has 0 bridgehead atoms. The molecule has 0 atom stereocenters. The number of aryl methyl sites for hydroxylation is 2. The molecule has 2 aromatic carbocycles. The Hall–Kier alpha value is -2.00. The van der Waals surface area contributed by atoms with Crippen molar-refractivity contribution >= 4 is 22.6 Å². The maximum Gasteiger partial charge on any atom is 0.138 e. The summed E-state index contributed by atoms with van der Waals surface area (Å²) in [5, 5.41) is 9.77. The average molecular weight is 273 g/mol. The zero-order valence-electron chi connectivity index (χ0n) is 10.7. The highest BCUT2D eigenvalue weighted by Gasteiger charge is 2.09. The number of halogens is 1. The Balaban J connectivity index is 2.20. The highest BCUT2D eigenvalue weighted by atomic mass is 35.5. The fourth-order valence-electron chi connectivity index (χ4n) is 2.26. The van der Waals surface area contributed by atoms with Crippen molar-refractivity contribution in [3.05, 3.63) is 46.5 Å². The van der Waals surface area contributed by atoms with Gasteiger partial charge in [-0.25, -0.2) is 4.98 Å². The van der Waals surface area contributed by atoms with Gasteiger partial charge in [-0.3, -0.25) is 0 Å². The molecule has 0 radical (unpaired) electrons. The Morgan fingerprint density at radius 2 is 1.95 bits per heavy atom. The van der Waals surface area contributed by atoms with Crippen LogP contribution in [0.5, 0.6) is 5.75 Å². The summed E-state index contributed by atoms with van der Waals surface area (Å²) in [5.74, 6) is 0.833. The molecule has 19 heavy (non-hydrogen) atoms. The Kier molecular flexibility index (Phi) is 2.72. The maximum atomic E-state index is 9.45. The highest BCUT2D eigenvalue weighted by molar-refractivity contribution is 6.32. The molecule has 0 fully saturated rings. The minimum absolute atomic E-state index is 0.0774. The monoisotopic (exact) mass is 272 g/mol. The zero-order valence-corrected chi connectivity index (χ0v) is 11.4. The zero-order chi connectivity index (χ0) is 13.6. The molecule has 0 saturated heterocycles. The quantitative estimate of drug-likeness (QED) is 0.697. The number of aromatic nitrogens is 2. The molecule has 96 valence electrons. The number of H-pyrrole nitrogens is 1. The smallest absolute Gasteiger partial charge is 0.138 e. The number of aromatic amines is 1. The number of hydrogen-bond donors (Lipinski definition) is 2. The largest absolute Gasteiger partial charge is 0.506 e. The average Bonchev–Trinajstić information content (AvgIpc) is 2.76. The molecule has 0 saturated carbocycles. The van der Waals surface area contributed by atoms with Gasteiger partial charge in [-0.2, -0.15) is 0 Å². The van der Waals surface area contributed by atoms with Gasteiger partial charge >= 0.3 is 0 Å². The number of benzene rings is 2. The number of rotatable bonds is 1. The third kappa shape index (κ3) is 2.06. The molecule has 0 aliphatic heterocycles. The topological polar surface area (TPSA) is 48.9 Å². The van der Waals surface area contributed by atoms with Crippen molar-refractivity contribution < 1.29 is 5.11 Å². The summed E-state index contributed by atoms with van der Waals surface area (Å²) in [6, 6.07) is 9.25. The second-order valence-corrected chi connectivity index (χ2v) is 5.14. The Morgan fingerprint density at radius 3 is 2.68 bits per heavy atom. The lowest BCUT2D eigenvalue weighted by atomic mass is 10.1. The molecule has 0 aliphatic rings. The molecule has 1 heterocycles. The molecule has 3 aromatic rings. The van der Waals surface area contributed by atoms with E-state index in [9.17, 15) is 5.11 Å². The van der Waals surface area contributed by atoms with Crippen LogP contribution in [-0.4, -0.2) is 15.1 Å².